The topological polar surface area (TPSA) is 100 Å². The van der Waals surface area contributed by atoms with Crippen molar-refractivity contribution >= 4 is 29.1 Å². The number of aliphatic imine (C=N–C) groups is 1. The first-order valence-corrected chi connectivity index (χ1v) is 11.3. The second-order valence-electron chi connectivity index (χ2n) is 7.80. The first-order chi connectivity index (χ1) is 14.6. The molecule has 4 rings (SSSR count). The Hall–Kier alpha value is -2.29. The van der Waals surface area contributed by atoms with Gasteiger partial charge in [-0.15, -0.1) is 0 Å². The monoisotopic (exact) mass is 426 g/mol. The molecule has 30 heavy (non-hydrogen) atoms. The van der Waals surface area contributed by atoms with Gasteiger partial charge < -0.3 is 21.1 Å². The van der Waals surface area contributed by atoms with Gasteiger partial charge in [-0.3, -0.25) is 10.1 Å². The molecular weight excluding hydrogens is 396 g/mol. The molecule has 3 atom stereocenters. The van der Waals surface area contributed by atoms with Crippen molar-refractivity contribution in [1.82, 2.24) is 15.5 Å². The van der Waals surface area contributed by atoms with Crippen molar-refractivity contribution in [3.63, 3.8) is 0 Å². The lowest BCUT2D eigenvalue weighted by Gasteiger charge is -2.18. The maximum absolute atomic E-state index is 6.14. The molecule has 1 aromatic rings. The highest BCUT2D eigenvalue weighted by molar-refractivity contribution is 8.01. The van der Waals surface area contributed by atoms with E-state index < -0.39 is 0 Å². The molecule has 2 aliphatic heterocycles. The molecule has 0 radical (unpaired) electrons. The molecule has 3 heterocycles. The number of thioether (sulfide) groups is 1. The molecule has 3 aliphatic rings. The Bertz CT molecular complexity index is 939. The number of nitrogens with two attached hydrogens (primary N) is 1. The maximum Gasteiger partial charge on any atom is 0.214 e. The second kappa shape index (κ2) is 9.24. The number of hydrogen-bond donors (Lipinski definition) is 4. The molecule has 0 aromatic carbocycles. The zero-order valence-electron chi connectivity index (χ0n) is 17.7. The van der Waals surface area contributed by atoms with Crippen molar-refractivity contribution in [2.24, 2.45) is 16.6 Å². The van der Waals surface area contributed by atoms with Gasteiger partial charge >= 0.3 is 0 Å². The van der Waals surface area contributed by atoms with E-state index in [9.17, 15) is 0 Å². The minimum atomic E-state index is 0.00718. The summed E-state index contributed by atoms with van der Waals surface area (Å²) in [4.78, 5) is 5.54. The standard InChI is InChI=1S/C22H30N6OS/c1-13(14(2)23)18-19-20(30-22(18)24-3)21(28-27-19)26-12-15-7-9-16(10-8-15)29-17-6-4-5-11-25-17/h4,6-7,9-10,14-15,22,24H,5,8,11-12,23H2,1-3H3,(H2,26,27,28)/b18-13-. The molecular formula is C22H30N6OS. The van der Waals surface area contributed by atoms with Crippen LogP contribution in [0.15, 0.2) is 51.6 Å². The van der Waals surface area contributed by atoms with Crippen molar-refractivity contribution in [1.29, 1.82) is 0 Å². The SMILES string of the molecule is CNC1Sc2c(NCC3C=CC(OC4=NCCC=C4)=CC3)n[nH]c2/C1=C(\C)C(C)N. The van der Waals surface area contributed by atoms with Crippen LogP contribution in [0, 0.1) is 5.92 Å². The number of anilines is 1. The Kier molecular flexibility index (Phi) is 6.46. The number of likely N-dealkylation sites (N-methyl/N-ethyl adjacent to an activating group) is 1. The van der Waals surface area contributed by atoms with Crippen LogP contribution >= 0.6 is 11.8 Å². The molecule has 1 aliphatic carbocycles. The summed E-state index contributed by atoms with van der Waals surface area (Å²) < 4.78 is 5.84. The van der Waals surface area contributed by atoms with Crippen LogP contribution < -0.4 is 16.4 Å². The van der Waals surface area contributed by atoms with Crippen LogP contribution in [0.1, 0.15) is 32.4 Å². The van der Waals surface area contributed by atoms with Crippen molar-refractivity contribution in [2.45, 2.75) is 43.0 Å². The minimum Gasteiger partial charge on any atom is -0.440 e. The third kappa shape index (κ3) is 4.40. The van der Waals surface area contributed by atoms with Gasteiger partial charge in [0.25, 0.3) is 0 Å². The Morgan fingerprint density at radius 2 is 2.30 bits per heavy atom. The highest BCUT2D eigenvalue weighted by atomic mass is 32.2. The second-order valence-corrected chi connectivity index (χ2v) is 8.92. The predicted octanol–water partition coefficient (Wildman–Crippen LogP) is 3.43. The number of aromatic nitrogens is 2. The predicted molar refractivity (Wildman–Crippen MR) is 124 cm³/mol. The molecule has 160 valence electrons. The Balaban J connectivity index is 1.37. The largest absolute Gasteiger partial charge is 0.440 e. The summed E-state index contributed by atoms with van der Waals surface area (Å²) in [7, 11) is 1.98. The molecule has 0 bridgehead atoms. The third-order valence-corrected chi connectivity index (χ3v) is 6.93. The number of hydrogen-bond acceptors (Lipinski definition) is 7. The van der Waals surface area contributed by atoms with Gasteiger partial charge in [-0.25, -0.2) is 0 Å². The Labute approximate surface area is 182 Å². The average molecular weight is 427 g/mol. The molecule has 0 amide bonds. The first-order valence-electron chi connectivity index (χ1n) is 10.5. The fourth-order valence-corrected chi connectivity index (χ4v) is 4.96. The van der Waals surface area contributed by atoms with Crippen LogP contribution in [0.3, 0.4) is 0 Å². The average Bonchev–Trinajstić information content (AvgIpc) is 3.32. The fraction of sp³-hybridized carbons (Fsp3) is 0.455. The molecule has 0 saturated carbocycles. The summed E-state index contributed by atoms with van der Waals surface area (Å²) in [6.45, 7) is 5.73. The summed E-state index contributed by atoms with van der Waals surface area (Å²) >= 11 is 1.78. The molecule has 5 N–H and O–H groups in total. The van der Waals surface area contributed by atoms with Crippen LogP contribution in [0.5, 0.6) is 0 Å². The summed E-state index contributed by atoms with van der Waals surface area (Å²) in [5.74, 6) is 2.86. The zero-order chi connectivity index (χ0) is 21.1. The summed E-state index contributed by atoms with van der Waals surface area (Å²) in [5.41, 5.74) is 9.62. The Morgan fingerprint density at radius 3 is 2.97 bits per heavy atom. The molecule has 3 unspecified atom stereocenters. The normalized spacial score (nSPS) is 25.5. The van der Waals surface area contributed by atoms with Gasteiger partial charge in [-0.1, -0.05) is 23.9 Å². The number of rotatable bonds is 6. The van der Waals surface area contributed by atoms with E-state index in [4.69, 9.17) is 10.5 Å². The molecule has 0 spiro atoms. The number of allylic oxidation sites excluding steroid dienone is 2. The lowest BCUT2D eigenvalue weighted by atomic mass is 10.00. The minimum absolute atomic E-state index is 0.00718. The quantitative estimate of drug-likeness (QED) is 0.556. The molecule has 7 nitrogen and oxygen atoms in total. The zero-order valence-corrected chi connectivity index (χ0v) is 18.6. The lowest BCUT2D eigenvalue weighted by Crippen LogP contribution is -2.25. The number of dihydropyridines is 1. The first kappa shape index (κ1) is 21.0. The van der Waals surface area contributed by atoms with Gasteiger partial charge in [-0.2, -0.15) is 5.10 Å². The Morgan fingerprint density at radius 1 is 1.43 bits per heavy atom. The van der Waals surface area contributed by atoms with Gasteiger partial charge in [0.05, 0.1) is 16.0 Å². The summed E-state index contributed by atoms with van der Waals surface area (Å²) in [6, 6.07) is 0.00718. The van der Waals surface area contributed by atoms with Gasteiger partial charge in [0.15, 0.2) is 5.82 Å². The molecule has 0 saturated heterocycles. The van der Waals surface area contributed by atoms with E-state index in [0.29, 0.717) is 11.8 Å². The van der Waals surface area contributed by atoms with Gasteiger partial charge in [0.2, 0.25) is 5.90 Å². The third-order valence-electron chi connectivity index (χ3n) is 5.59. The van der Waals surface area contributed by atoms with E-state index in [1.165, 1.54) is 11.1 Å². The van der Waals surface area contributed by atoms with Crippen molar-refractivity contribution < 1.29 is 4.74 Å². The van der Waals surface area contributed by atoms with E-state index in [1.807, 2.05) is 26.1 Å². The van der Waals surface area contributed by atoms with Crippen LogP contribution in [0.25, 0.3) is 5.57 Å². The van der Waals surface area contributed by atoms with E-state index in [2.05, 4.69) is 51.0 Å². The number of fused-ring (bicyclic) bond motifs is 1. The van der Waals surface area contributed by atoms with E-state index in [1.54, 1.807) is 11.8 Å². The van der Waals surface area contributed by atoms with Crippen LogP contribution in [-0.4, -0.2) is 47.6 Å². The maximum atomic E-state index is 6.14. The van der Waals surface area contributed by atoms with Crippen molar-refractivity contribution in [3.05, 3.63) is 47.4 Å². The number of ether oxygens (including phenoxy) is 1. The number of H-pyrrole nitrogens is 1. The highest BCUT2D eigenvalue weighted by Gasteiger charge is 2.33. The van der Waals surface area contributed by atoms with E-state index in [-0.39, 0.29) is 11.4 Å². The van der Waals surface area contributed by atoms with Crippen LogP contribution in [0.4, 0.5) is 5.82 Å². The van der Waals surface area contributed by atoms with Crippen molar-refractivity contribution in [2.75, 3.05) is 25.5 Å². The van der Waals surface area contributed by atoms with Gasteiger partial charge in [0, 0.05) is 24.7 Å². The lowest BCUT2D eigenvalue weighted by molar-refractivity contribution is 0.424. The van der Waals surface area contributed by atoms with Gasteiger partial charge in [0.1, 0.15) is 5.76 Å². The fourth-order valence-electron chi connectivity index (χ4n) is 3.68. The van der Waals surface area contributed by atoms with E-state index in [0.717, 1.165) is 48.1 Å². The number of nitrogens with zero attached hydrogens (tertiary/aromatic N) is 2. The van der Waals surface area contributed by atoms with Crippen LogP contribution in [-0.2, 0) is 4.74 Å². The van der Waals surface area contributed by atoms with E-state index >= 15 is 0 Å². The molecule has 0 fully saturated rings. The van der Waals surface area contributed by atoms with Crippen LogP contribution in [0.2, 0.25) is 0 Å². The number of aromatic amines is 1. The smallest absolute Gasteiger partial charge is 0.214 e. The number of nitrogens with one attached hydrogen (secondary N) is 3. The summed E-state index contributed by atoms with van der Waals surface area (Å²) in [5, 5.41) is 14.8. The highest BCUT2D eigenvalue weighted by Crippen LogP contribution is 2.47. The summed E-state index contributed by atoms with van der Waals surface area (Å²) in [6.07, 6.45) is 12.3. The molecule has 1 aromatic heterocycles. The van der Waals surface area contributed by atoms with Crippen molar-refractivity contribution in [3.8, 4) is 0 Å². The molecule has 8 heteroatoms. The van der Waals surface area contributed by atoms with Gasteiger partial charge in [-0.05, 0) is 63.5 Å².